The minimum Gasteiger partial charge on any atom is -0.353 e. The zero-order valence-electron chi connectivity index (χ0n) is 17.1. The molecule has 0 aromatic carbocycles. The van der Waals surface area contributed by atoms with E-state index in [1.54, 1.807) is 16.4 Å². The molecule has 1 aromatic rings. The van der Waals surface area contributed by atoms with E-state index in [-0.39, 0.29) is 10.8 Å². The van der Waals surface area contributed by atoms with Crippen molar-refractivity contribution in [3.05, 3.63) is 18.3 Å². The normalized spacial score (nSPS) is 22.2. The molecule has 0 N–H and O–H groups in total. The molecule has 2 aliphatic heterocycles. The molecule has 8 heteroatoms. The Labute approximate surface area is 174 Å². The van der Waals surface area contributed by atoms with Crippen molar-refractivity contribution in [1.29, 1.82) is 0 Å². The van der Waals surface area contributed by atoms with Gasteiger partial charge in [-0.3, -0.25) is 4.79 Å². The number of hydrogen-bond donors (Lipinski definition) is 0. The number of rotatable bonds is 5. The summed E-state index contributed by atoms with van der Waals surface area (Å²) in [7, 11) is -3.42. The molecule has 3 aliphatic rings. The maximum atomic E-state index is 12.6. The Morgan fingerprint density at radius 3 is 2.24 bits per heavy atom. The van der Waals surface area contributed by atoms with Crippen LogP contribution in [0.15, 0.2) is 23.2 Å². The third-order valence-electron chi connectivity index (χ3n) is 6.57. The summed E-state index contributed by atoms with van der Waals surface area (Å²) in [6.45, 7) is 4.09. The van der Waals surface area contributed by atoms with Crippen molar-refractivity contribution in [3.63, 3.8) is 0 Å². The third-order valence-corrected chi connectivity index (χ3v) is 8.45. The van der Waals surface area contributed by atoms with Crippen molar-refractivity contribution >= 4 is 21.7 Å². The first-order valence-electron chi connectivity index (χ1n) is 11.0. The van der Waals surface area contributed by atoms with Crippen molar-refractivity contribution in [3.8, 4) is 0 Å². The van der Waals surface area contributed by atoms with Crippen LogP contribution in [-0.4, -0.2) is 67.8 Å². The molecule has 0 spiro atoms. The lowest BCUT2D eigenvalue weighted by molar-refractivity contribution is -0.132. The van der Waals surface area contributed by atoms with E-state index in [0.717, 1.165) is 31.7 Å². The van der Waals surface area contributed by atoms with Crippen LogP contribution in [0.25, 0.3) is 0 Å². The van der Waals surface area contributed by atoms with Gasteiger partial charge in [0, 0.05) is 51.9 Å². The molecule has 160 valence electrons. The van der Waals surface area contributed by atoms with Crippen molar-refractivity contribution in [2.45, 2.75) is 56.3 Å². The highest BCUT2D eigenvalue weighted by atomic mass is 32.2. The number of anilines is 1. The summed E-state index contributed by atoms with van der Waals surface area (Å²) in [5.74, 6) is 1.64. The van der Waals surface area contributed by atoms with Crippen molar-refractivity contribution in [2.24, 2.45) is 5.92 Å². The van der Waals surface area contributed by atoms with E-state index in [2.05, 4.69) is 9.88 Å². The molecule has 1 aliphatic carbocycles. The molecule has 0 radical (unpaired) electrons. The molecule has 7 nitrogen and oxygen atoms in total. The van der Waals surface area contributed by atoms with Gasteiger partial charge >= 0.3 is 0 Å². The smallest absolute Gasteiger partial charge is 0.244 e. The van der Waals surface area contributed by atoms with E-state index in [4.69, 9.17) is 0 Å². The first-order valence-corrected chi connectivity index (χ1v) is 12.5. The molecule has 29 heavy (non-hydrogen) atoms. The molecule has 2 saturated heterocycles. The van der Waals surface area contributed by atoms with Gasteiger partial charge in [-0.1, -0.05) is 19.3 Å². The molecule has 0 bridgehead atoms. The Morgan fingerprint density at radius 2 is 1.62 bits per heavy atom. The lowest BCUT2D eigenvalue weighted by atomic mass is 9.86. The standard InChI is InChI=1S/C21H32N4O3S/c26-21(16-18-6-2-1-3-7-18)24-14-12-23(13-15-24)20-9-8-19(17-22-20)29(27,28)25-10-4-5-11-25/h8-9,17-18H,1-7,10-16H2. The number of carbonyl (C=O) groups is 1. The largest absolute Gasteiger partial charge is 0.353 e. The van der Waals surface area contributed by atoms with E-state index < -0.39 is 10.0 Å². The zero-order valence-corrected chi connectivity index (χ0v) is 17.9. The second kappa shape index (κ2) is 9.00. The number of amides is 1. The predicted octanol–water partition coefficient (Wildman–Crippen LogP) is 2.49. The van der Waals surface area contributed by atoms with Gasteiger partial charge in [0.1, 0.15) is 10.7 Å². The Bertz CT molecular complexity index is 792. The van der Waals surface area contributed by atoms with Crippen molar-refractivity contribution < 1.29 is 13.2 Å². The summed E-state index contributed by atoms with van der Waals surface area (Å²) < 4.78 is 26.8. The fourth-order valence-electron chi connectivity index (χ4n) is 4.74. The first-order chi connectivity index (χ1) is 14.0. The summed E-state index contributed by atoms with van der Waals surface area (Å²) in [6.07, 6.45) is 10.3. The van der Waals surface area contributed by atoms with Crippen LogP contribution in [0.4, 0.5) is 5.82 Å². The van der Waals surface area contributed by atoms with Gasteiger partial charge in [-0.2, -0.15) is 4.31 Å². The molecular formula is C21H32N4O3S. The van der Waals surface area contributed by atoms with Gasteiger partial charge in [0.25, 0.3) is 0 Å². The molecule has 0 unspecified atom stereocenters. The van der Waals surface area contributed by atoms with E-state index in [1.165, 1.54) is 38.3 Å². The van der Waals surface area contributed by atoms with E-state index in [0.29, 0.717) is 38.5 Å². The number of hydrogen-bond acceptors (Lipinski definition) is 5. The quantitative estimate of drug-likeness (QED) is 0.732. The molecule has 3 fully saturated rings. The second-order valence-electron chi connectivity index (χ2n) is 8.54. The van der Waals surface area contributed by atoms with Gasteiger partial charge in [-0.05, 0) is 43.7 Å². The van der Waals surface area contributed by atoms with Gasteiger partial charge in [-0.25, -0.2) is 13.4 Å². The minimum atomic E-state index is -3.42. The van der Waals surface area contributed by atoms with Crippen LogP contribution < -0.4 is 4.90 Å². The van der Waals surface area contributed by atoms with Crippen LogP contribution in [0.5, 0.6) is 0 Å². The van der Waals surface area contributed by atoms with Gasteiger partial charge < -0.3 is 9.80 Å². The number of nitrogens with zero attached hydrogens (tertiary/aromatic N) is 4. The Kier molecular flexibility index (Phi) is 6.39. The average Bonchev–Trinajstić information content (AvgIpc) is 3.31. The molecule has 1 saturated carbocycles. The topological polar surface area (TPSA) is 73.8 Å². The molecule has 1 amide bonds. The molecule has 3 heterocycles. The highest BCUT2D eigenvalue weighted by Crippen LogP contribution is 2.27. The van der Waals surface area contributed by atoms with Crippen molar-refractivity contribution in [1.82, 2.24) is 14.2 Å². The number of sulfonamides is 1. The van der Waals surface area contributed by atoms with E-state index in [9.17, 15) is 13.2 Å². The van der Waals surface area contributed by atoms with E-state index >= 15 is 0 Å². The Morgan fingerprint density at radius 1 is 0.931 bits per heavy atom. The number of pyridine rings is 1. The fraction of sp³-hybridized carbons (Fsp3) is 0.714. The summed E-state index contributed by atoms with van der Waals surface area (Å²) in [4.78, 5) is 21.4. The minimum absolute atomic E-state index is 0.268. The third kappa shape index (κ3) is 4.74. The van der Waals surface area contributed by atoms with Gasteiger partial charge in [-0.15, -0.1) is 0 Å². The summed E-state index contributed by atoms with van der Waals surface area (Å²) >= 11 is 0. The van der Waals surface area contributed by atoms with E-state index in [1.807, 2.05) is 4.90 Å². The summed E-state index contributed by atoms with van der Waals surface area (Å²) in [5.41, 5.74) is 0. The van der Waals surface area contributed by atoms with Gasteiger partial charge in [0.05, 0.1) is 0 Å². The van der Waals surface area contributed by atoms with Crippen LogP contribution in [0.1, 0.15) is 51.4 Å². The lowest BCUT2D eigenvalue weighted by Gasteiger charge is -2.36. The van der Waals surface area contributed by atoms with Crippen LogP contribution in [0.2, 0.25) is 0 Å². The number of aromatic nitrogens is 1. The summed E-state index contributed by atoms with van der Waals surface area (Å²) in [6, 6.07) is 3.46. The maximum Gasteiger partial charge on any atom is 0.244 e. The SMILES string of the molecule is O=C(CC1CCCCC1)N1CCN(c2ccc(S(=O)(=O)N3CCCC3)cn2)CC1. The summed E-state index contributed by atoms with van der Waals surface area (Å²) in [5, 5.41) is 0. The Hall–Kier alpha value is -1.67. The zero-order chi connectivity index (χ0) is 20.3. The fourth-order valence-corrected chi connectivity index (χ4v) is 6.20. The molecule has 1 aromatic heterocycles. The molecule has 4 rings (SSSR count). The van der Waals surface area contributed by atoms with Crippen LogP contribution in [0, 0.1) is 5.92 Å². The number of piperazine rings is 1. The molecule has 0 atom stereocenters. The monoisotopic (exact) mass is 420 g/mol. The number of carbonyl (C=O) groups excluding carboxylic acids is 1. The lowest BCUT2D eigenvalue weighted by Crippen LogP contribution is -2.49. The first kappa shape index (κ1) is 20.6. The van der Waals surface area contributed by atoms with Gasteiger partial charge in [0.15, 0.2) is 0 Å². The second-order valence-corrected chi connectivity index (χ2v) is 10.5. The molecular weight excluding hydrogens is 388 g/mol. The predicted molar refractivity (Wildman–Crippen MR) is 112 cm³/mol. The maximum absolute atomic E-state index is 12.6. The highest BCUT2D eigenvalue weighted by Gasteiger charge is 2.28. The average molecular weight is 421 g/mol. The van der Waals surface area contributed by atoms with Crippen molar-refractivity contribution in [2.75, 3.05) is 44.2 Å². The van der Waals surface area contributed by atoms with Crippen LogP contribution >= 0.6 is 0 Å². The highest BCUT2D eigenvalue weighted by molar-refractivity contribution is 7.89. The Balaban J connectivity index is 1.31. The van der Waals surface area contributed by atoms with Gasteiger partial charge in [0.2, 0.25) is 15.9 Å². The van der Waals surface area contributed by atoms with Crippen LogP contribution in [-0.2, 0) is 14.8 Å². The van der Waals surface area contributed by atoms with Crippen LogP contribution in [0.3, 0.4) is 0 Å².